The minimum Gasteiger partial charge on any atom is -0.489 e. The summed E-state index contributed by atoms with van der Waals surface area (Å²) in [6.45, 7) is 0.277. The van der Waals surface area contributed by atoms with Gasteiger partial charge in [-0.05, 0) is 48.7 Å². The van der Waals surface area contributed by atoms with Gasteiger partial charge in [0.05, 0.1) is 10.7 Å². The van der Waals surface area contributed by atoms with Gasteiger partial charge < -0.3 is 9.94 Å². The van der Waals surface area contributed by atoms with Gasteiger partial charge in [0.1, 0.15) is 18.2 Å². The Balaban J connectivity index is 1.75. The van der Waals surface area contributed by atoms with Crippen LogP contribution in [-0.4, -0.2) is 10.9 Å². The average Bonchev–Trinajstić information content (AvgIpc) is 2.88. The fourth-order valence-corrected chi connectivity index (χ4v) is 2.66. The molecule has 0 saturated heterocycles. The van der Waals surface area contributed by atoms with Crippen molar-refractivity contribution in [2.45, 2.75) is 19.4 Å². The van der Waals surface area contributed by atoms with E-state index in [-0.39, 0.29) is 12.4 Å². The molecule has 0 fully saturated rings. The van der Waals surface area contributed by atoms with Crippen LogP contribution in [-0.2, 0) is 13.0 Å². The summed E-state index contributed by atoms with van der Waals surface area (Å²) in [7, 11) is 0. The first-order chi connectivity index (χ1) is 10.2. The number of benzene rings is 2. The zero-order valence-corrected chi connectivity index (χ0v) is 11.9. The van der Waals surface area contributed by atoms with Gasteiger partial charge in [-0.15, -0.1) is 0 Å². The summed E-state index contributed by atoms with van der Waals surface area (Å²) < 4.78 is 18.7. The average molecular weight is 306 g/mol. The summed E-state index contributed by atoms with van der Waals surface area (Å²) in [4.78, 5) is 0. The van der Waals surface area contributed by atoms with Crippen LogP contribution < -0.4 is 4.74 Å². The molecule has 0 bridgehead atoms. The molecule has 2 aromatic rings. The van der Waals surface area contributed by atoms with Gasteiger partial charge in [0.25, 0.3) is 0 Å². The first-order valence-electron chi connectivity index (χ1n) is 6.58. The van der Waals surface area contributed by atoms with Crippen molar-refractivity contribution in [3.8, 4) is 5.75 Å². The zero-order valence-electron chi connectivity index (χ0n) is 11.1. The van der Waals surface area contributed by atoms with E-state index in [4.69, 9.17) is 21.5 Å². The fraction of sp³-hybridized carbons (Fsp3) is 0.188. The van der Waals surface area contributed by atoms with Crippen LogP contribution in [0.15, 0.2) is 41.6 Å². The second kappa shape index (κ2) is 5.74. The van der Waals surface area contributed by atoms with Gasteiger partial charge in [-0.25, -0.2) is 4.39 Å². The van der Waals surface area contributed by atoms with Gasteiger partial charge in [-0.2, -0.15) is 0 Å². The van der Waals surface area contributed by atoms with Crippen LogP contribution >= 0.6 is 11.6 Å². The topological polar surface area (TPSA) is 41.8 Å². The number of hydrogen-bond acceptors (Lipinski definition) is 3. The van der Waals surface area contributed by atoms with Crippen molar-refractivity contribution in [1.82, 2.24) is 0 Å². The molecular formula is C16H13ClFNO2. The Labute approximate surface area is 126 Å². The summed E-state index contributed by atoms with van der Waals surface area (Å²) in [5, 5.41) is 12.5. The van der Waals surface area contributed by atoms with Gasteiger partial charge >= 0.3 is 0 Å². The van der Waals surface area contributed by atoms with E-state index in [1.807, 2.05) is 18.2 Å². The van der Waals surface area contributed by atoms with Gasteiger partial charge in [0.2, 0.25) is 0 Å². The number of fused-ring (bicyclic) bond motifs is 1. The quantitative estimate of drug-likeness (QED) is 0.682. The van der Waals surface area contributed by atoms with Gasteiger partial charge in [0, 0.05) is 11.1 Å². The van der Waals surface area contributed by atoms with Crippen molar-refractivity contribution in [2.24, 2.45) is 5.16 Å². The Morgan fingerprint density at radius 3 is 2.81 bits per heavy atom. The van der Waals surface area contributed by atoms with E-state index in [0.29, 0.717) is 16.5 Å². The highest BCUT2D eigenvalue weighted by Crippen LogP contribution is 2.27. The van der Waals surface area contributed by atoms with E-state index < -0.39 is 0 Å². The molecule has 1 aliphatic rings. The van der Waals surface area contributed by atoms with Crippen molar-refractivity contribution in [1.29, 1.82) is 0 Å². The zero-order chi connectivity index (χ0) is 14.8. The van der Waals surface area contributed by atoms with E-state index >= 15 is 0 Å². The summed E-state index contributed by atoms with van der Waals surface area (Å²) in [6.07, 6.45) is 1.57. The normalized spacial score (nSPS) is 15.2. The van der Waals surface area contributed by atoms with Crippen LogP contribution in [0.25, 0.3) is 0 Å². The molecule has 0 heterocycles. The molecule has 5 heteroatoms. The second-order valence-corrected chi connectivity index (χ2v) is 5.30. The Morgan fingerprint density at radius 1 is 1.19 bits per heavy atom. The molecule has 21 heavy (non-hydrogen) atoms. The maximum Gasteiger partial charge on any atom is 0.124 e. The number of oxime groups is 1. The Hall–Kier alpha value is -2.07. The lowest BCUT2D eigenvalue weighted by molar-refractivity contribution is 0.306. The highest BCUT2D eigenvalue weighted by atomic mass is 35.5. The summed E-state index contributed by atoms with van der Waals surface area (Å²) in [5.74, 6) is 0.352. The minimum absolute atomic E-state index is 0.277. The molecule has 0 saturated carbocycles. The van der Waals surface area contributed by atoms with Crippen LogP contribution in [0, 0.1) is 5.82 Å². The Kier molecular flexibility index (Phi) is 3.80. The van der Waals surface area contributed by atoms with Crippen molar-refractivity contribution in [3.05, 3.63) is 63.9 Å². The molecule has 1 aliphatic carbocycles. The number of aryl methyl sites for hydroxylation is 1. The van der Waals surface area contributed by atoms with Gasteiger partial charge in [-0.1, -0.05) is 22.8 Å². The summed E-state index contributed by atoms with van der Waals surface area (Å²) in [6, 6.07) is 9.89. The van der Waals surface area contributed by atoms with Gasteiger partial charge in [0.15, 0.2) is 0 Å². The lowest BCUT2D eigenvalue weighted by atomic mass is 10.1. The highest BCUT2D eigenvalue weighted by molar-refractivity contribution is 6.31. The first-order valence-corrected chi connectivity index (χ1v) is 6.96. The molecule has 3 nitrogen and oxygen atoms in total. The van der Waals surface area contributed by atoms with Crippen molar-refractivity contribution >= 4 is 17.3 Å². The predicted molar refractivity (Wildman–Crippen MR) is 78.8 cm³/mol. The predicted octanol–water partition coefficient (Wildman–Crippen LogP) is 4.18. The third-order valence-electron chi connectivity index (χ3n) is 3.55. The van der Waals surface area contributed by atoms with Crippen LogP contribution in [0.2, 0.25) is 5.02 Å². The molecular weight excluding hydrogens is 293 g/mol. The summed E-state index contributed by atoms with van der Waals surface area (Å²) in [5.41, 5.74) is 3.50. The van der Waals surface area contributed by atoms with E-state index in [1.165, 1.54) is 12.1 Å². The van der Waals surface area contributed by atoms with Crippen molar-refractivity contribution in [2.75, 3.05) is 0 Å². The van der Waals surface area contributed by atoms with Gasteiger partial charge in [-0.3, -0.25) is 0 Å². The number of hydrogen-bond donors (Lipinski definition) is 1. The third kappa shape index (κ3) is 2.85. The van der Waals surface area contributed by atoms with E-state index in [9.17, 15) is 4.39 Å². The summed E-state index contributed by atoms with van der Waals surface area (Å²) >= 11 is 5.96. The smallest absolute Gasteiger partial charge is 0.124 e. The maximum absolute atomic E-state index is 13.0. The second-order valence-electron chi connectivity index (χ2n) is 4.89. The van der Waals surface area contributed by atoms with Crippen LogP contribution in [0.3, 0.4) is 0 Å². The molecule has 0 atom stereocenters. The monoisotopic (exact) mass is 305 g/mol. The molecule has 3 rings (SSSR count). The first kappa shape index (κ1) is 13.9. The number of rotatable bonds is 3. The number of ether oxygens (including phenoxy) is 1. The Bertz CT molecular complexity index is 715. The fourth-order valence-electron chi connectivity index (χ4n) is 2.44. The molecule has 0 aliphatic heterocycles. The van der Waals surface area contributed by atoms with E-state index in [1.54, 1.807) is 6.07 Å². The highest BCUT2D eigenvalue weighted by Gasteiger charge is 2.18. The van der Waals surface area contributed by atoms with Crippen LogP contribution in [0.1, 0.15) is 23.1 Å². The Morgan fingerprint density at radius 2 is 2.05 bits per heavy atom. The third-order valence-corrected chi connectivity index (χ3v) is 3.90. The van der Waals surface area contributed by atoms with E-state index in [0.717, 1.165) is 29.5 Å². The van der Waals surface area contributed by atoms with E-state index in [2.05, 4.69) is 5.16 Å². The maximum atomic E-state index is 13.0. The van der Waals surface area contributed by atoms with Crippen LogP contribution in [0.4, 0.5) is 4.39 Å². The lowest BCUT2D eigenvalue weighted by Crippen LogP contribution is -1.98. The number of halogens is 2. The van der Waals surface area contributed by atoms with Crippen LogP contribution in [0.5, 0.6) is 5.75 Å². The minimum atomic E-state index is -0.364. The SMILES string of the molecule is O/N=C1/CCc2cc(OCc3ccc(F)cc3Cl)ccc21. The van der Waals surface area contributed by atoms with Crippen molar-refractivity contribution < 1.29 is 14.3 Å². The molecule has 0 radical (unpaired) electrons. The molecule has 2 aromatic carbocycles. The standard InChI is InChI=1S/C16H13ClFNO2/c17-15-8-12(18)3-1-11(15)9-21-13-4-5-14-10(7-13)2-6-16(14)19-20/h1,3-5,7-8,20H,2,6,9H2/b19-16-. The molecule has 108 valence electrons. The molecule has 0 spiro atoms. The largest absolute Gasteiger partial charge is 0.489 e. The molecule has 0 aromatic heterocycles. The number of nitrogens with zero attached hydrogens (tertiary/aromatic N) is 1. The molecule has 0 amide bonds. The van der Waals surface area contributed by atoms with Crippen molar-refractivity contribution in [3.63, 3.8) is 0 Å². The molecule has 1 N–H and O–H groups in total. The lowest BCUT2D eigenvalue weighted by Gasteiger charge is -2.09. The molecule has 0 unspecified atom stereocenters.